The normalized spacial score (nSPS) is 21.2. The highest BCUT2D eigenvalue weighted by molar-refractivity contribution is 6.42. The van der Waals surface area contributed by atoms with Crippen LogP contribution in [0.25, 0.3) is 0 Å². The summed E-state index contributed by atoms with van der Waals surface area (Å²) in [5.74, 6) is 1.73. The van der Waals surface area contributed by atoms with Gasteiger partial charge in [-0.05, 0) is 68.5 Å². The molecule has 1 N–H and O–H groups in total. The smallest absolute Gasteiger partial charge is 0.222 e. The fourth-order valence-electron chi connectivity index (χ4n) is 4.70. The molecule has 0 spiro atoms. The molecule has 2 aromatic carbocycles. The molecule has 2 saturated heterocycles. The number of amides is 1. The van der Waals surface area contributed by atoms with Crippen molar-refractivity contribution in [2.75, 3.05) is 39.4 Å². The Balaban J connectivity index is 1.22. The molecule has 0 unspecified atom stereocenters. The van der Waals surface area contributed by atoms with Crippen molar-refractivity contribution in [2.45, 2.75) is 50.7 Å². The van der Waals surface area contributed by atoms with Crippen LogP contribution in [0.4, 0.5) is 0 Å². The van der Waals surface area contributed by atoms with Gasteiger partial charge < -0.3 is 19.5 Å². The second-order valence-corrected chi connectivity index (χ2v) is 10.4. The summed E-state index contributed by atoms with van der Waals surface area (Å²) in [5.41, 5.74) is 0.317. The molecule has 4 rings (SSSR count). The largest absolute Gasteiger partial charge is 0.494 e. The third-order valence-electron chi connectivity index (χ3n) is 6.73. The molecule has 190 valence electrons. The maximum Gasteiger partial charge on any atom is 0.222 e. The zero-order valence-corrected chi connectivity index (χ0v) is 21.6. The Labute approximate surface area is 217 Å². The molecule has 2 aliphatic rings. The van der Waals surface area contributed by atoms with E-state index in [0.717, 1.165) is 57.7 Å². The zero-order chi connectivity index (χ0) is 24.7. The minimum Gasteiger partial charge on any atom is -0.494 e. The van der Waals surface area contributed by atoms with Crippen LogP contribution in [-0.2, 0) is 11.3 Å². The highest BCUT2D eigenvalue weighted by atomic mass is 35.5. The fourth-order valence-corrected chi connectivity index (χ4v) is 4.99. The molecule has 0 saturated carbocycles. The summed E-state index contributed by atoms with van der Waals surface area (Å²) < 4.78 is 11.8. The van der Waals surface area contributed by atoms with E-state index in [9.17, 15) is 9.90 Å². The average molecular weight is 521 g/mol. The number of halogens is 2. The first-order valence-corrected chi connectivity index (χ1v) is 13.2. The number of ether oxygens (including phenoxy) is 2. The predicted octanol–water partition coefficient (Wildman–Crippen LogP) is 5.18. The van der Waals surface area contributed by atoms with Crippen LogP contribution >= 0.6 is 23.2 Å². The molecule has 2 aliphatic heterocycles. The highest BCUT2D eigenvalue weighted by Crippen LogP contribution is 2.29. The molecule has 6 nitrogen and oxygen atoms in total. The zero-order valence-electron chi connectivity index (χ0n) is 20.1. The summed E-state index contributed by atoms with van der Waals surface area (Å²) >= 11 is 12.0. The molecule has 0 aliphatic carbocycles. The van der Waals surface area contributed by atoms with Crippen molar-refractivity contribution in [3.63, 3.8) is 0 Å². The van der Waals surface area contributed by atoms with E-state index in [1.807, 2.05) is 17.0 Å². The lowest BCUT2D eigenvalue weighted by molar-refractivity contribution is -0.127. The van der Waals surface area contributed by atoms with E-state index in [1.54, 1.807) is 18.2 Å². The van der Waals surface area contributed by atoms with E-state index in [0.29, 0.717) is 41.7 Å². The van der Waals surface area contributed by atoms with Gasteiger partial charge in [0.2, 0.25) is 5.91 Å². The summed E-state index contributed by atoms with van der Waals surface area (Å²) in [4.78, 5) is 16.0. The number of aliphatic hydroxyl groups is 1. The summed E-state index contributed by atoms with van der Waals surface area (Å²) in [7, 11) is 0. The van der Waals surface area contributed by atoms with Gasteiger partial charge in [0.05, 0.1) is 22.3 Å². The molecular weight excluding hydrogens is 487 g/mol. The number of carbonyl (C=O) groups excluding carboxylic acids is 1. The lowest BCUT2D eigenvalue weighted by atomic mass is 9.96. The fraction of sp³-hybridized carbons (Fsp3) is 0.519. The molecule has 35 heavy (non-hydrogen) atoms. The van der Waals surface area contributed by atoms with Crippen LogP contribution in [0.5, 0.6) is 11.5 Å². The first-order chi connectivity index (χ1) is 16.9. The second-order valence-electron chi connectivity index (χ2n) is 9.55. The summed E-state index contributed by atoms with van der Waals surface area (Å²) in [6.45, 7) is 4.99. The lowest BCUT2D eigenvalue weighted by Gasteiger charge is -2.27. The quantitative estimate of drug-likeness (QED) is 0.437. The standard InChI is InChI=1S/C27H34Cl2N2O4/c28-24-9-8-23(18-25(24)29)35-20-27(33)10-3-12-30(15-11-27)19-21-5-1-6-22(17-21)34-16-4-14-31-13-2-7-26(31)32/h1,5-6,8-9,17-18,33H,2-4,7,10-16,19-20H2/t27-/m1/s1. The van der Waals surface area contributed by atoms with Crippen molar-refractivity contribution in [3.8, 4) is 11.5 Å². The van der Waals surface area contributed by atoms with Crippen LogP contribution in [0.2, 0.25) is 10.0 Å². The van der Waals surface area contributed by atoms with Crippen molar-refractivity contribution < 1.29 is 19.4 Å². The van der Waals surface area contributed by atoms with Gasteiger partial charge in [-0.1, -0.05) is 35.3 Å². The Morgan fingerprint density at radius 2 is 1.80 bits per heavy atom. The predicted molar refractivity (Wildman–Crippen MR) is 138 cm³/mol. The van der Waals surface area contributed by atoms with Gasteiger partial charge in [-0.15, -0.1) is 0 Å². The molecule has 0 radical (unpaired) electrons. The van der Waals surface area contributed by atoms with Crippen molar-refractivity contribution >= 4 is 29.1 Å². The van der Waals surface area contributed by atoms with E-state index in [1.165, 1.54) is 5.56 Å². The van der Waals surface area contributed by atoms with Gasteiger partial charge in [-0.3, -0.25) is 9.69 Å². The van der Waals surface area contributed by atoms with Gasteiger partial charge in [0, 0.05) is 38.7 Å². The van der Waals surface area contributed by atoms with Crippen molar-refractivity contribution in [3.05, 3.63) is 58.1 Å². The number of hydrogen-bond donors (Lipinski definition) is 1. The number of benzene rings is 2. The summed E-state index contributed by atoms with van der Waals surface area (Å²) in [6.07, 6.45) is 4.71. The van der Waals surface area contributed by atoms with Gasteiger partial charge >= 0.3 is 0 Å². The molecule has 2 heterocycles. The Morgan fingerprint density at radius 3 is 2.60 bits per heavy atom. The Morgan fingerprint density at radius 1 is 0.943 bits per heavy atom. The molecule has 1 amide bonds. The Bertz CT molecular complexity index is 1000. The Hall–Kier alpha value is -1.99. The third kappa shape index (κ3) is 7.74. The van der Waals surface area contributed by atoms with E-state index in [4.69, 9.17) is 32.7 Å². The van der Waals surface area contributed by atoms with E-state index >= 15 is 0 Å². The van der Waals surface area contributed by atoms with Gasteiger partial charge in [0.25, 0.3) is 0 Å². The number of nitrogens with zero attached hydrogens (tertiary/aromatic N) is 2. The first-order valence-electron chi connectivity index (χ1n) is 12.4. The minimum atomic E-state index is -0.872. The number of carbonyl (C=O) groups is 1. The summed E-state index contributed by atoms with van der Waals surface area (Å²) in [5, 5.41) is 12.0. The molecule has 2 fully saturated rings. The number of likely N-dealkylation sites (tertiary alicyclic amines) is 2. The van der Waals surface area contributed by atoms with Gasteiger partial charge in [0.1, 0.15) is 18.1 Å². The van der Waals surface area contributed by atoms with Crippen LogP contribution in [0.15, 0.2) is 42.5 Å². The second kappa shape index (κ2) is 12.3. The molecule has 0 bridgehead atoms. The van der Waals surface area contributed by atoms with Crippen LogP contribution in [0.3, 0.4) is 0 Å². The van der Waals surface area contributed by atoms with Gasteiger partial charge in [0.15, 0.2) is 0 Å². The van der Waals surface area contributed by atoms with Gasteiger partial charge in [-0.25, -0.2) is 0 Å². The van der Waals surface area contributed by atoms with Gasteiger partial charge in [-0.2, -0.15) is 0 Å². The van der Waals surface area contributed by atoms with Crippen molar-refractivity contribution in [2.24, 2.45) is 0 Å². The number of rotatable bonds is 10. The molecule has 1 atom stereocenters. The number of hydrogen-bond acceptors (Lipinski definition) is 5. The minimum absolute atomic E-state index is 0.227. The third-order valence-corrected chi connectivity index (χ3v) is 7.46. The summed E-state index contributed by atoms with van der Waals surface area (Å²) in [6, 6.07) is 13.3. The van der Waals surface area contributed by atoms with E-state index in [2.05, 4.69) is 17.0 Å². The molecular formula is C27H34Cl2N2O4. The molecule has 2 aromatic rings. The highest BCUT2D eigenvalue weighted by Gasteiger charge is 2.31. The van der Waals surface area contributed by atoms with Crippen molar-refractivity contribution in [1.29, 1.82) is 0 Å². The lowest BCUT2D eigenvalue weighted by Crippen LogP contribution is -2.37. The Kier molecular flexibility index (Phi) is 9.17. The molecule has 0 aromatic heterocycles. The van der Waals surface area contributed by atoms with Crippen LogP contribution < -0.4 is 9.47 Å². The average Bonchev–Trinajstić information content (AvgIpc) is 3.16. The van der Waals surface area contributed by atoms with E-state index in [-0.39, 0.29) is 12.5 Å². The monoisotopic (exact) mass is 520 g/mol. The van der Waals surface area contributed by atoms with E-state index < -0.39 is 5.60 Å². The molecule has 8 heteroatoms. The van der Waals surface area contributed by atoms with Crippen molar-refractivity contribution in [1.82, 2.24) is 9.80 Å². The maximum absolute atomic E-state index is 11.7. The van der Waals surface area contributed by atoms with Crippen LogP contribution in [-0.4, -0.2) is 65.8 Å². The topological polar surface area (TPSA) is 62.2 Å². The van der Waals surface area contributed by atoms with Crippen LogP contribution in [0, 0.1) is 0 Å². The SMILES string of the molecule is O=C1CCCN1CCCOc1cccc(CN2CCC[C@](O)(COc3ccc(Cl)c(Cl)c3)CC2)c1. The maximum atomic E-state index is 11.7. The first kappa shape index (κ1) is 26.1. The van der Waals surface area contributed by atoms with Crippen LogP contribution in [0.1, 0.15) is 44.1 Å².